The summed E-state index contributed by atoms with van der Waals surface area (Å²) < 4.78 is 0. The maximum absolute atomic E-state index is 10.5. The second-order valence-electron chi connectivity index (χ2n) is 2.28. The summed E-state index contributed by atoms with van der Waals surface area (Å²) in [7, 11) is 0. The number of alkyl halides is 1. The smallest absolute Gasteiger partial charge is 0.151 e. The van der Waals surface area contributed by atoms with Crippen LogP contribution in [0, 0.1) is 0 Å². The molecule has 1 aromatic heterocycles. The van der Waals surface area contributed by atoms with Gasteiger partial charge >= 0.3 is 0 Å². The van der Waals surface area contributed by atoms with Gasteiger partial charge in [0.2, 0.25) is 0 Å². The molecule has 0 aromatic carbocycles. The highest BCUT2D eigenvalue weighted by Crippen LogP contribution is 2.14. The van der Waals surface area contributed by atoms with Crippen LogP contribution in [0.3, 0.4) is 0 Å². The topological polar surface area (TPSA) is 17.1 Å². The molecule has 0 spiro atoms. The van der Waals surface area contributed by atoms with E-state index in [1.807, 2.05) is 22.9 Å². The lowest BCUT2D eigenvalue weighted by molar-refractivity contribution is 0.112. The van der Waals surface area contributed by atoms with Crippen molar-refractivity contribution in [1.29, 1.82) is 0 Å². The third-order valence-corrected chi connectivity index (χ3v) is 2.42. The number of hydrogen-bond donors (Lipinski definition) is 0. The molecule has 0 aliphatic heterocycles. The Balaban J connectivity index is 2.67. The van der Waals surface area contributed by atoms with E-state index < -0.39 is 0 Å². The van der Waals surface area contributed by atoms with Gasteiger partial charge in [-0.3, -0.25) is 4.79 Å². The van der Waals surface area contributed by atoms with Crippen molar-refractivity contribution in [2.45, 2.75) is 6.42 Å². The molecule has 3 heteroatoms. The molecule has 64 valence electrons. The average molecular weight is 201 g/mol. The van der Waals surface area contributed by atoms with Gasteiger partial charge < -0.3 is 0 Å². The number of halogens is 1. The number of hydrogen-bond acceptors (Lipinski definition) is 2. The van der Waals surface area contributed by atoms with Gasteiger partial charge in [0.15, 0.2) is 6.29 Å². The van der Waals surface area contributed by atoms with E-state index in [2.05, 4.69) is 0 Å². The minimum Gasteiger partial charge on any atom is -0.298 e. The molecule has 0 amide bonds. The minimum absolute atomic E-state index is 0.622. The van der Waals surface area contributed by atoms with Crippen molar-refractivity contribution in [3.8, 4) is 0 Å². The van der Waals surface area contributed by atoms with Crippen LogP contribution in [0.25, 0.3) is 6.08 Å². The molecule has 0 aliphatic carbocycles. The van der Waals surface area contributed by atoms with E-state index in [4.69, 9.17) is 11.6 Å². The van der Waals surface area contributed by atoms with Crippen LogP contribution in [0.4, 0.5) is 0 Å². The maximum atomic E-state index is 10.5. The fraction of sp³-hybridized carbons (Fsp3) is 0.222. The lowest BCUT2D eigenvalue weighted by Crippen LogP contribution is -1.77. The first-order chi connectivity index (χ1) is 5.88. The fourth-order valence-corrected chi connectivity index (χ4v) is 1.71. The molecule has 1 rings (SSSR count). The van der Waals surface area contributed by atoms with Crippen LogP contribution in [0.5, 0.6) is 0 Å². The predicted octanol–water partition coefficient (Wildman–Crippen LogP) is 3.20. The Hall–Kier alpha value is -0.600. The van der Waals surface area contributed by atoms with Gasteiger partial charge in [-0.15, -0.1) is 11.6 Å². The van der Waals surface area contributed by atoms with Crippen molar-refractivity contribution >= 4 is 35.3 Å². The van der Waals surface area contributed by atoms with E-state index in [1.165, 1.54) is 11.3 Å². The Morgan fingerprint density at radius 3 is 2.83 bits per heavy atom. The molecule has 12 heavy (non-hydrogen) atoms. The molecule has 1 heterocycles. The summed E-state index contributed by atoms with van der Waals surface area (Å²) in [6.07, 6.45) is 5.62. The van der Waals surface area contributed by atoms with Crippen LogP contribution < -0.4 is 0 Å². The molecule has 0 unspecified atom stereocenters. The number of allylic oxidation sites excluding steroid dienone is 1. The quantitative estimate of drug-likeness (QED) is 0.539. The zero-order valence-electron chi connectivity index (χ0n) is 6.50. The van der Waals surface area contributed by atoms with E-state index in [0.717, 1.165) is 23.8 Å². The number of carbonyl (C=O) groups is 1. The van der Waals surface area contributed by atoms with Gasteiger partial charge in [0.1, 0.15) is 0 Å². The van der Waals surface area contributed by atoms with Crippen LogP contribution in [0.2, 0.25) is 0 Å². The first-order valence-electron chi connectivity index (χ1n) is 3.62. The molecular weight excluding hydrogens is 192 g/mol. The molecular formula is C9H9ClOS. The van der Waals surface area contributed by atoms with Gasteiger partial charge in [0.25, 0.3) is 0 Å². The Kier molecular flexibility index (Phi) is 4.05. The Morgan fingerprint density at radius 2 is 2.17 bits per heavy atom. The zero-order valence-corrected chi connectivity index (χ0v) is 8.07. The predicted molar refractivity (Wildman–Crippen MR) is 54.1 cm³/mol. The van der Waals surface area contributed by atoms with Crippen LogP contribution >= 0.6 is 22.9 Å². The summed E-state index contributed by atoms with van der Waals surface area (Å²) >= 11 is 7.03. The van der Waals surface area contributed by atoms with Gasteiger partial charge in [-0.05, 0) is 17.4 Å². The van der Waals surface area contributed by atoms with Crippen LogP contribution in [-0.4, -0.2) is 12.2 Å². The zero-order chi connectivity index (χ0) is 8.81. The summed E-state index contributed by atoms with van der Waals surface area (Å²) in [5.74, 6) is 0.622. The highest BCUT2D eigenvalue weighted by Gasteiger charge is 1.96. The summed E-state index contributed by atoms with van der Waals surface area (Å²) in [5.41, 5.74) is 1.74. The summed E-state index contributed by atoms with van der Waals surface area (Å²) in [5, 5.41) is 3.79. The second kappa shape index (κ2) is 5.12. The van der Waals surface area contributed by atoms with Gasteiger partial charge in [0.05, 0.1) is 0 Å². The molecule has 0 radical (unpaired) electrons. The SMILES string of the molecule is O=Cc1cscc1C=CCCCl. The highest BCUT2D eigenvalue weighted by atomic mass is 35.5. The number of rotatable bonds is 4. The van der Waals surface area contributed by atoms with Crippen LogP contribution in [-0.2, 0) is 0 Å². The Labute approximate surface area is 80.7 Å². The number of aldehydes is 1. The third-order valence-electron chi connectivity index (χ3n) is 1.42. The van der Waals surface area contributed by atoms with E-state index >= 15 is 0 Å². The number of carbonyl (C=O) groups excluding carboxylic acids is 1. The first kappa shape index (κ1) is 9.49. The Morgan fingerprint density at radius 1 is 1.42 bits per heavy atom. The van der Waals surface area contributed by atoms with E-state index in [9.17, 15) is 4.79 Å². The van der Waals surface area contributed by atoms with E-state index in [0.29, 0.717) is 5.88 Å². The summed E-state index contributed by atoms with van der Waals surface area (Å²) in [6, 6.07) is 0. The molecule has 0 fully saturated rings. The lowest BCUT2D eigenvalue weighted by Gasteiger charge is -1.87. The van der Waals surface area contributed by atoms with E-state index in [-0.39, 0.29) is 0 Å². The molecule has 0 saturated carbocycles. The van der Waals surface area contributed by atoms with Gasteiger partial charge in [-0.2, -0.15) is 11.3 Å². The largest absolute Gasteiger partial charge is 0.298 e. The Bertz CT molecular complexity index is 278. The standard InChI is InChI=1S/C9H9ClOS/c10-4-2-1-3-8-6-12-7-9(8)5-11/h1,3,5-7H,2,4H2. The van der Waals surface area contributed by atoms with E-state index in [1.54, 1.807) is 0 Å². The monoisotopic (exact) mass is 200 g/mol. The highest BCUT2D eigenvalue weighted by molar-refractivity contribution is 7.08. The van der Waals surface area contributed by atoms with Crippen LogP contribution in [0.1, 0.15) is 22.3 Å². The molecule has 0 N–H and O–H groups in total. The molecule has 0 bridgehead atoms. The summed E-state index contributed by atoms with van der Waals surface area (Å²) in [6.45, 7) is 0. The minimum atomic E-state index is 0.622. The van der Waals surface area contributed by atoms with Crippen molar-refractivity contribution in [1.82, 2.24) is 0 Å². The first-order valence-corrected chi connectivity index (χ1v) is 5.10. The van der Waals surface area contributed by atoms with Crippen molar-refractivity contribution in [2.24, 2.45) is 0 Å². The maximum Gasteiger partial charge on any atom is 0.151 e. The van der Waals surface area contributed by atoms with Crippen LogP contribution in [0.15, 0.2) is 16.8 Å². The normalized spacial score (nSPS) is 10.8. The molecule has 0 saturated heterocycles. The average Bonchev–Trinajstić information content (AvgIpc) is 2.52. The molecule has 1 nitrogen and oxygen atoms in total. The molecule has 0 aliphatic rings. The van der Waals surface area contributed by atoms with Crippen molar-refractivity contribution in [2.75, 3.05) is 5.88 Å². The molecule has 1 aromatic rings. The second-order valence-corrected chi connectivity index (χ2v) is 3.40. The van der Waals surface area contributed by atoms with Gasteiger partial charge in [-0.25, -0.2) is 0 Å². The van der Waals surface area contributed by atoms with Gasteiger partial charge in [0, 0.05) is 16.8 Å². The third kappa shape index (κ3) is 2.47. The van der Waals surface area contributed by atoms with Crippen molar-refractivity contribution in [3.05, 3.63) is 28.0 Å². The van der Waals surface area contributed by atoms with Gasteiger partial charge in [-0.1, -0.05) is 12.2 Å². The molecule has 0 atom stereocenters. The lowest BCUT2D eigenvalue weighted by atomic mass is 10.2. The van der Waals surface area contributed by atoms with Crippen molar-refractivity contribution < 1.29 is 4.79 Å². The fourth-order valence-electron chi connectivity index (χ4n) is 0.821. The summed E-state index contributed by atoms with van der Waals surface area (Å²) in [4.78, 5) is 10.5. The number of thiophene rings is 1. The van der Waals surface area contributed by atoms with Crippen molar-refractivity contribution in [3.63, 3.8) is 0 Å².